The van der Waals surface area contributed by atoms with Crippen molar-refractivity contribution in [3.8, 4) is 0 Å². The van der Waals surface area contributed by atoms with E-state index in [4.69, 9.17) is 16.9 Å². The molecule has 7 nitrogen and oxygen atoms in total. The fourth-order valence-corrected chi connectivity index (χ4v) is 3.06. The predicted octanol–water partition coefficient (Wildman–Crippen LogP) is -1.69. The number of rotatable bonds is 0. The number of nitrogens with two attached hydrogens (primary N) is 2. The summed E-state index contributed by atoms with van der Waals surface area (Å²) >= 11 is 0. The maximum absolute atomic E-state index is 11.3. The van der Waals surface area contributed by atoms with Gasteiger partial charge in [-0.15, -0.1) is 0 Å². The minimum Gasteiger partial charge on any atom is -0.370 e. The summed E-state index contributed by atoms with van der Waals surface area (Å²) in [5, 5.41) is 7.56. The Balaban J connectivity index is 2.75. The Morgan fingerprint density at radius 1 is 1.53 bits per heavy atom. The molecule has 1 fully saturated rings. The van der Waals surface area contributed by atoms with Gasteiger partial charge in [0.25, 0.3) is 0 Å². The Morgan fingerprint density at radius 3 is 2.60 bits per heavy atom. The summed E-state index contributed by atoms with van der Waals surface area (Å²) in [4.78, 5) is 5.16. The van der Waals surface area contributed by atoms with Gasteiger partial charge in [0.1, 0.15) is 0 Å². The third-order valence-corrected chi connectivity index (χ3v) is 3.97. The molecule has 0 spiro atoms. The molecule has 0 radical (unpaired) electrons. The van der Waals surface area contributed by atoms with Gasteiger partial charge in [-0.2, -0.15) is 4.99 Å². The molecule has 0 aromatic heterocycles. The van der Waals surface area contributed by atoms with Gasteiger partial charge >= 0.3 is 0 Å². The van der Waals surface area contributed by atoms with Crippen LogP contribution in [0.3, 0.4) is 0 Å². The lowest BCUT2D eigenvalue weighted by molar-refractivity contribution is 0.347. The van der Waals surface area contributed by atoms with Gasteiger partial charge < -0.3 is 16.4 Å². The molecule has 5 N–H and O–H groups in total. The molecule has 1 rings (SSSR count). The molecule has 0 saturated carbocycles. The van der Waals surface area contributed by atoms with Gasteiger partial charge in [0.15, 0.2) is 15.8 Å². The van der Waals surface area contributed by atoms with Gasteiger partial charge in [-0.3, -0.25) is 5.41 Å². The zero-order chi connectivity index (χ0) is 11.6. The number of hydrogen-bond donors (Lipinski definition) is 3. The van der Waals surface area contributed by atoms with Crippen molar-refractivity contribution in [1.82, 2.24) is 4.90 Å². The Morgan fingerprint density at radius 2 is 2.13 bits per heavy atom. The monoisotopic (exact) mass is 233 g/mol. The van der Waals surface area contributed by atoms with Crippen molar-refractivity contribution in [3.63, 3.8) is 0 Å². The lowest BCUT2D eigenvalue weighted by Gasteiger charge is -2.33. The van der Waals surface area contributed by atoms with Gasteiger partial charge in [-0.1, -0.05) is 0 Å². The van der Waals surface area contributed by atoms with E-state index >= 15 is 0 Å². The van der Waals surface area contributed by atoms with E-state index in [1.165, 1.54) is 0 Å². The lowest BCUT2D eigenvalue weighted by Crippen LogP contribution is -2.49. The van der Waals surface area contributed by atoms with Gasteiger partial charge in [0.2, 0.25) is 5.96 Å². The second kappa shape index (κ2) is 4.05. The van der Waals surface area contributed by atoms with Gasteiger partial charge in [0.05, 0.1) is 11.5 Å². The van der Waals surface area contributed by atoms with E-state index < -0.39 is 9.84 Å². The van der Waals surface area contributed by atoms with Crippen LogP contribution in [0.5, 0.6) is 0 Å². The van der Waals surface area contributed by atoms with E-state index in [0.717, 1.165) is 0 Å². The van der Waals surface area contributed by atoms with Crippen LogP contribution in [0.15, 0.2) is 4.99 Å². The number of guanidine groups is 2. The van der Waals surface area contributed by atoms with Crippen molar-refractivity contribution < 1.29 is 8.42 Å². The molecule has 86 valence electrons. The first kappa shape index (κ1) is 11.8. The number of nitrogens with zero attached hydrogens (tertiary/aromatic N) is 2. The molecule has 8 heteroatoms. The van der Waals surface area contributed by atoms with Crippen molar-refractivity contribution in [2.75, 3.05) is 18.1 Å². The molecule has 0 amide bonds. The molecule has 0 aromatic carbocycles. The molecule has 1 atom stereocenters. The molecule has 15 heavy (non-hydrogen) atoms. The van der Waals surface area contributed by atoms with Crippen molar-refractivity contribution >= 4 is 21.8 Å². The summed E-state index contributed by atoms with van der Waals surface area (Å²) in [6.07, 6.45) is 0. The maximum atomic E-state index is 11.3. The maximum Gasteiger partial charge on any atom is 0.221 e. The zero-order valence-electron chi connectivity index (χ0n) is 8.47. The van der Waals surface area contributed by atoms with Crippen LogP contribution in [-0.4, -0.2) is 49.3 Å². The zero-order valence-corrected chi connectivity index (χ0v) is 9.29. The van der Waals surface area contributed by atoms with Crippen LogP contribution in [0.4, 0.5) is 0 Å². The average molecular weight is 233 g/mol. The van der Waals surface area contributed by atoms with E-state index in [-0.39, 0.29) is 36.0 Å². The minimum atomic E-state index is -2.98. The molecule has 1 aliphatic rings. The fourth-order valence-electron chi connectivity index (χ4n) is 1.50. The van der Waals surface area contributed by atoms with E-state index in [1.54, 1.807) is 11.8 Å². The molecule has 0 bridgehead atoms. The van der Waals surface area contributed by atoms with Crippen LogP contribution < -0.4 is 11.5 Å². The van der Waals surface area contributed by atoms with Gasteiger partial charge in [0, 0.05) is 12.6 Å². The molecule has 1 heterocycles. The summed E-state index contributed by atoms with van der Waals surface area (Å²) < 4.78 is 22.5. The Labute approximate surface area is 88.6 Å². The standard InChI is InChI=1S/C7H15N5O2S/c1-5-4-15(13,14)3-2-12(5)7(10)11-6(8)9/h5H,2-4H2,1H3,(H5,8,9,10,11). The predicted molar refractivity (Wildman–Crippen MR) is 58.4 cm³/mol. The number of aliphatic imine (C=N–C) groups is 1. The van der Waals surface area contributed by atoms with Crippen molar-refractivity contribution in [3.05, 3.63) is 0 Å². The summed E-state index contributed by atoms with van der Waals surface area (Å²) in [6.45, 7) is 1.99. The summed E-state index contributed by atoms with van der Waals surface area (Å²) in [5.41, 5.74) is 10.3. The first-order valence-corrected chi connectivity index (χ1v) is 6.29. The number of sulfone groups is 1. The van der Waals surface area contributed by atoms with Gasteiger partial charge in [-0.25, -0.2) is 8.42 Å². The van der Waals surface area contributed by atoms with Crippen molar-refractivity contribution in [2.24, 2.45) is 16.5 Å². The van der Waals surface area contributed by atoms with E-state index in [2.05, 4.69) is 4.99 Å². The van der Waals surface area contributed by atoms with E-state index in [9.17, 15) is 8.42 Å². The fraction of sp³-hybridized carbons (Fsp3) is 0.714. The third-order valence-electron chi connectivity index (χ3n) is 2.18. The molecule has 1 unspecified atom stereocenters. The Kier molecular flexibility index (Phi) is 3.18. The Hall–Kier alpha value is -1.31. The average Bonchev–Trinajstić information content (AvgIpc) is 1.99. The van der Waals surface area contributed by atoms with Crippen LogP contribution in [0.2, 0.25) is 0 Å². The number of nitrogens with one attached hydrogen (secondary N) is 1. The van der Waals surface area contributed by atoms with Crippen LogP contribution in [0.25, 0.3) is 0 Å². The highest BCUT2D eigenvalue weighted by Gasteiger charge is 2.29. The van der Waals surface area contributed by atoms with E-state index in [1.807, 2.05) is 0 Å². The molecule has 1 saturated heterocycles. The van der Waals surface area contributed by atoms with Crippen molar-refractivity contribution in [1.29, 1.82) is 5.41 Å². The highest BCUT2D eigenvalue weighted by molar-refractivity contribution is 7.91. The first-order valence-electron chi connectivity index (χ1n) is 4.47. The quantitative estimate of drug-likeness (QED) is 0.340. The lowest BCUT2D eigenvalue weighted by atomic mass is 10.3. The molecular formula is C7H15N5O2S. The van der Waals surface area contributed by atoms with Crippen LogP contribution in [-0.2, 0) is 9.84 Å². The molecule has 0 aliphatic carbocycles. The molecule has 0 aromatic rings. The summed E-state index contributed by atoms with van der Waals surface area (Å²) in [5.74, 6) is -0.201. The van der Waals surface area contributed by atoms with Crippen LogP contribution in [0.1, 0.15) is 6.92 Å². The molecule has 1 aliphatic heterocycles. The summed E-state index contributed by atoms with van der Waals surface area (Å²) in [7, 11) is -2.98. The normalized spacial score (nSPS) is 24.6. The second-order valence-corrected chi connectivity index (χ2v) is 5.75. The SMILES string of the molecule is CC1CS(=O)(=O)CCN1C(=N)N=C(N)N. The topological polar surface area (TPSA) is 126 Å². The molecular weight excluding hydrogens is 218 g/mol. The van der Waals surface area contributed by atoms with Crippen LogP contribution in [0, 0.1) is 5.41 Å². The highest BCUT2D eigenvalue weighted by Crippen LogP contribution is 2.11. The van der Waals surface area contributed by atoms with Gasteiger partial charge in [-0.05, 0) is 6.92 Å². The second-order valence-electron chi connectivity index (χ2n) is 3.52. The summed E-state index contributed by atoms with van der Waals surface area (Å²) in [6, 6.07) is -0.264. The smallest absolute Gasteiger partial charge is 0.221 e. The first-order chi connectivity index (χ1) is 6.82. The van der Waals surface area contributed by atoms with Crippen molar-refractivity contribution in [2.45, 2.75) is 13.0 Å². The Bertz CT molecular complexity index is 384. The van der Waals surface area contributed by atoms with E-state index in [0.29, 0.717) is 0 Å². The van der Waals surface area contributed by atoms with Crippen LogP contribution >= 0.6 is 0 Å². The minimum absolute atomic E-state index is 0.0371. The largest absolute Gasteiger partial charge is 0.370 e. The highest BCUT2D eigenvalue weighted by atomic mass is 32.2. The number of hydrogen-bond acceptors (Lipinski definition) is 3. The third kappa shape index (κ3) is 3.08.